The van der Waals surface area contributed by atoms with Crippen LogP contribution in [0.25, 0.3) is 0 Å². The van der Waals surface area contributed by atoms with Crippen LogP contribution in [0, 0.1) is 17.8 Å². The molecule has 0 unspecified atom stereocenters. The van der Waals surface area contributed by atoms with E-state index in [0.717, 1.165) is 18.1 Å². The number of ether oxygens (including phenoxy) is 1. The topological polar surface area (TPSA) is 34.1 Å². The monoisotopic (exact) mass is 236 g/mol. The van der Waals surface area contributed by atoms with Gasteiger partial charge in [-0.1, -0.05) is 27.7 Å². The second-order valence-electron chi connectivity index (χ2n) is 5.12. The average Bonchev–Trinajstić information content (AvgIpc) is 2.29. The fourth-order valence-electron chi connectivity index (χ4n) is 2.07. The van der Waals surface area contributed by atoms with Gasteiger partial charge in [-0.2, -0.15) is 0 Å². The summed E-state index contributed by atoms with van der Waals surface area (Å²) in [5, 5.41) is 3.39. The Morgan fingerprint density at radius 3 is 2.24 bits per heavy atom. The lowest BCUT2D eigenvalue weighted by Gasteiger charge is -2.25. The molecule has 3 heteroatoms. The molecule has 0 aromatic carbocycles. The number of hydrogen-bond acceptors (Lipinski definition) is 3. The van der Waals surface area contributed by atoms with Gasteiger partial charge in [-0.3, -0.25) is 0 Å². The largest absolute Gasteiger partial charge is 0.495 e. The van der Waals surface area contributed by atoms with Gasteiger partial charge in [0.15, 0.2) is 0 Å². The molecule has 1 aromatic heterocycles. The van der Waals surface area contributed by atoms with Crippen molar-refractivity contribution in [2.45, 2.75) is 27.7 Å². The maximum atomic E-state index is 5.08. The smallest absolute Gasteiger partial charge is 0.137 e. The average molecular weight is 236 g/mol. The Hall–Kier alpha value is -1.25. The summed E-state index contributed by atoms with van der Waals surface area (Å²) in [6, 6.07) is 3.88. The first-order valence-electron chi connectivity index (χ1n) is 6.28. The van der Waals surface area contributed by atoms with E-state index < -0.39 is 0 Å². The lowest BCUT2D eigenvalue weighted by molar-refractivity contribution is 0.304. The van der Waals surface area contributed by atoms with Crippen LogP contribution in [-0.4, -0.2) is 18.6 Å². The van der Waals surface area contributed by atoms with Crippen LogP contribution in [0.1, 0.15) is 27.7 Å². The SMILES string of the molecule is COc1ccc(NCC(C(C)C)C(C)C)nc1. The summed E-state index contributed by atoms with van der Waals surface area (Å²) < 4.78 is 5.08. The van der Waals surface area contributed by atoms with E-state index in [4.69, 9.17) is 4.74 Å². The van der Waals surface area contributed by atoms with Gasteiger partial charge in [-0.15, -0.1) is 0 Å². The highest BCUT2D eigenvalue weighted by Crippen LogP contribution is 2.21. The Morgan fingerprint density at radius 1 is 1.18 bits per heavy atom. The molecule has 1 heterocycles. The molecule has 0 aliphatic carbocycles. The molecule has 0 aliphatic heterocycles. The highest BCUT2D eigenvalue weighted by atomic mass is 16.5. The van der Waals surface area contributed by atoms with E-state index >= 15 is 0 Å². The summed E-state index contributed by atoms with van der Waals surface area (Å²) in [7, 11) is 1.65. The second kappa shape index (κ2) is 6.48. The van der Waals surface area contributed by atoms with Crippen molar-refractivity contribution < 1.29 is 4.74 Å². The van der Waals surface area contributed by atoms with E-state index in [2.05, 4.69) is 38.0 Å². The number of aromatic nitrogens is 1. The van der Waals surface area contributed by atoms with Gasteiger partial charge in [0.2, 0.25) is 0 Å². The van der Waals surface area contributed by atoms with Crippen LogP contribution >= 0.6 is 0 Å². The fraction of sp³-hybridized carbons (Fsp3) is 0.643. The highest BCUT2D eigenvalue weighted by molar-refractivity contribution is 5.37. The molecule has 0 spiro atoms. The van der Waals surface area contributed by atoms with Crippen molar-refractivity contribution in [3.8, 4) is 5.75 Å². The Kier molecular flexibility index (Phi) is 5.26. The molecular formula is C14H24N2O. The number of hydrogen-bond donors (Lipinski definition) is 1. The van der Waals surface area contributed by atoms with Crippen LogP contribution in [0.4, 0.5) is 5.82 Å². The van der Waals surface area contributed by atoms with E-state index in [9.17, 15) is 0 Å². The summed E-state index contributed by atoms with van der Waals surface area (Å²) in [5.74, 6) is 3.73. The van der Waals surface area contributed by atoms with Gasteiger partial charge in [0.25, 0.3) is 0 Å². The van der Waals surface area contributed by atoms with Crippen LogP contribution in [0.15, 0.2) is 18.3 Å². The van der Waals surface area contributed by atoms with Crippen LogP contribution in [-0.2, 0) is 0 Å². The molecule has 0 aliphatic rings. The molecule has 0 amide bonds. The van der Waals surface area contributed by atoms with E-state index in [1.807, 2.05) is 12.1 Å². The van der Waals surface area contributed by atoms with Crippen LogP contribution in [0.2, 0.25) is 0 Å². The molecule has 0 radical (unpaired) electrons. The standard InChI is InChI=1S/C14H24N2O/c1-10(2)13(11(3)4)9-16-14-7-6-12(17-5)8-15-14/h6-8,10-11,13H,9H2,1-5H3,(H,15,16). The predicted molar refractivity (Wildman–Crippen MR) is 72.4 cm³/mol. The van der Waals surface area contributed by atoms with Crippen molar-refractivity contribution in [1.82, 2.24) is 4.98 Å². The molecular weight excluding hydrogens is 212 g/mol. The lowest BCUT2D eigenvalue weighted by Crippen LogP contribution is -2.24. The van der Waals surface area contributed by atoms with E-state index in [-0.39, 0.29) is 0 Å². The second-order valence-corrected chi connectivity index (χ2v) is 5.12. The lowest BCUT2D eigenvalue weighted by atomic mass is 9.85. The molecule has 17 heavy (non-hydrogen) atoms. The normalized spacial score (nSPS) is 11.3. The Bertz CT molecular complexity index is 311. The summed E-state index contributed by atoms with van der Waals surface area (Å²) in [6.45, 7) is 10.1. The Morgan fingerprint density at radius 2 is 1.82 bits per heavy atom. The summed E-state index contributed by atoms with van der Waals surface area (Å²) >= 11 is 0. The molecule has 0 atom stereocenters. The molecule has 0 fully saturated rings. The molecule has 1 N–H and O–H groups in total. The minimum absolute atomic E-state index is 0.666. The van der Waals surface area contributed by atoms with Crippen LogP contribution in [0.5, 0.6) is 5.75 Å². The van der Waals surface area contributed by atoms with Gasteiger partial charge >= 0.3 is 0 Å². The van der Waals surface area contributed by atoms with Gasteiger partial charge in [0.05, 0.1) is 13.3 Å². The predicted octanol–water partition coefficient (Wildman–Crippen LogP) is 3.43. The zero-order chi connectivity index (χ0) is 12.8. The van der Waals surface area contributed by atoms with Gasteiger partial charge in [-0.05, 0) is 29.9 Å². The number of nitrogens with zero attached hydrogens (tertiary/aromatic N) is 1. The maximum Gasteiger partial charge on any atom is 0.137 e. The molecule has 1 rings (SSSR count). The molecule has 3 nitrogen and oxygen atoms in total. The number of pyridine rings is 1. The molecule has 0 bridgehead atoms. The molecule has 1 aromatic rings. The molecule has 0 saturated heterocycles. The third-order valence-corrected chi connectivity index (χ3v) is 3.20. The zero-order valence-corrected chi connectivity index (χ0v) is 11.5. The first-order valence-corrected chi connectivity index (χ1v) is 6.28. The van der Waals surface area contributed by atoms with Crippen molar-refractivity contribution in [3.63, 3.8) is 0 Å². The Labute approximate surface area is 105 Å². The molecule has 96 valence electrons. The fourth-order valence-corrected chi connectivity index (χ4v) is 2.07. The van der Waals surface area contributed by atoms with Crippen LogP contribution < -0.4 is 10.1 Å². The van der Waals surface area contributed by atoms with E-state index in [0.29, 0.717) is 17.8 Å². The van der Waals surface area contributed by atoms with Crippen LogP contribution in [0.3, 0.4) is 0 Å². The third-order valence-electron chi connectivity index (χ3n) is 3.20. The number of anilines is 1. The summed E-state index contributed by atoms with van der Waals surface area (Å²) in [5.41, 5.74) is 0. The van der Waals surface area contributed by atoms with Crippen molar-refractivity contribution in [1.29, 1.82) is 0 Å². The first-order chi connectivity index (χ1) is 8.04. The third kappa shape index (κ3) is 4.25. The zero-order valence-electron chi connectivity index (χ0n) is 11.5. The van der Waals surface area contributed by atoms with Gasteiger partial charge < -0.3 is 10.1 Å². The van der Waals surface area contributed by atoms with Gasteiger partial charge in [0.1, 0.15) is 11.6 Å². The van der Waals surface area contributed by atoms with Gasteiger partial charge in [-0.25, -0.2) is 4.98 Å². The number of rotatable bonds is 6. The van der Waals surface area contributed by atoms with E-state index in [1.54, 1.807) is 13.3 Å². The quantitative estimate of drug-likeness (QED) is 0.821. The summed E-state index contributed by atoms with van der Waals surface area (Å²) in [6.07, 6.45) is 1.74. The number of nitrogens with one attached hydrogen (secondary N) is 1. The summed E-state index contributed by atoms with van der Waals surface area (Å²) in [4.78, 5) is 4.30. The first kappa shape index (κ1) is 13.8. The molecule has 0 saturated carbocycles. The maximum absolute atomic E-state index is 5.08. The van der Waals surface area contributed by atoms with E-state index in [1.165, 1.54) is 0 Å². The van der Waals surface area contributed by atoms with Crippen molar-refractivity contribution >= 4 is 5.82 Å². The Balaban J connectivity index is 2.53. The van der Waals surface area contributed by atoms with Crippen molar-refractivity contribution in [2.75, 3.05) is 19.0 Å². The highest BCUT2D eigenvalue weighted by Gasteiger charge is 2.17. The van der Waals surface area contributed by atoms with Gasteiger partial charge in [0, 0.05) is 6.54 Å². The minimum Gasteiger partial charge on any atom is -0.495 e. The minimum atomic E-state index is 0.666. The van der Waals surface area contributed by atoms with Crippen molar-refractivity contribution in [3.05, 3.63) is 18.3 Å². The number of methoxy groups -OCH3 is 1. The van der Waals surface area contributed by atoms with Crippen molar-refractivity contribution in [2.24, 2.45) is 17.8 Å².